The molecule has 0 saturated carbocycles. The van der Waals surface area contributed by atoms with Crippen LogP contribution in [0.1, 0.15) is 96.7 Å². The van der Waals surface area contributed by atoms with Crippen molar-refractivity contribution in [2.75, 3.05) is 12.4 Å². The molecule has 0 bridgehead atoms. The highest BCUT2D eigenvalue weighted by molar-refractivity contribution is 6.62. The average molecular weight is 877 g/mol. The van der Waals surface area contributed by atoms with E-state index in [-0.39, 0.29) is 17.9 Å². The van der Waals surface area contributed by atoms with E-state index in [4.69, 9.17) is 18.9 Å². The van der Waals surface area contributed by atoms with Crippen molar-refractivity contribution in [2.45, 2.75) is 106 Å². The molecule has 0 radical (unpaired) electrons. The Kier molecular flexibility index (Phi) is 15.7. The fraction of sp³-hybridized carbons (Fsp3) is 0.305. The molecule has 1 N–H and O–H groups in total. The molecular weight excluding hydrogens is 806 g/mol. The summed E-state index contributed by atoms with van der Waals surface area (Å²) in [5.74, 6) is 0. The second kappa shape index (κ2) is 20.8. The first-order valence-corrected chi connectivity index (χ1v) is 23.4. The van der Waals surface area contributed by atoms with Crippen LogP contribution in [-0.2, 0) is 14.0 Å². The Morgan fingerprint density at radius 1 is 0.818 bits per heavy atom. The van der Waals surface area contributed by atoms with E-state index in [2.05, 4.69) is 234 Å². The van der Waals surface area contributed by atoms with Crippen LogP contribution in [0, 0.1) is 12.3 Å². The largest absolute Gasteiger partial charge is 0.494 e. The number of aromatic nitrogens is 1. The Morgan fingerprint density at radius 3 is 2.05 bits per heavy atom. The molecular formula is C59H70B2N2O3. The first-order chi connectivity index (χ1) is 31.3. The minimum Gasteiger partial charge on any atom is -0.431 e. The monoisotopic (exact) mass is 877 g/mol. The summed E-state index contributed by atoms with van der Waals surface area (Å²) in [6, 6.07) is 38.4. The summed E-state index contributed by atoms with van der Waals surface area (Å²) in [4.78, 5) is 5.22. The Bertz CT molecular complexity index is 2600. The van der Waals surface area contributed by atoms with Gasteiger partial charge in [0, 0.05) is 35.1 Å². The number of aryl methyl sites for hydroxylation is 1. The van der Waals surface area contributed by atoms with Crippen molar-refractivity contribution in [2.24, 2.45) is 5.41 Å². The van der Waals surface area contributed by atoms with E-state index in [1.165, 1.54) is 0 Å². The summed E-state index contributed by atoms with van der Waals surface area (Å²) < 4.78 is 19.2. The summed E-state index contributed by atoms with van der Waals surface area (Å²) in [5.41, 5.74) is 13.6. The normalized spacial score (nSPS) is 15.6. The predicted octanol–water partition coefficient (Wildman–Crippen LogP) is 14.7. The van der Waals surface area contributed by atoms with Gasteiger partial charge in [-0.3, -0.25) is 4.98 Å². The number of rotatable bonds is 17. The van der Waals surface area contributed by atoms with Crippen molar-refractivity contribution in [3.63, 3.8) is 0 Å². The maximum absolute atomic E-state index is 6.52. The number of pyridine rings is 1. The lowest BCUT2D eigenvalue weighted by Gasteiger charge is -2.40. The number of allylic oxidation sites excluding steroid dienone is 8. The van der Waals surface area contributed by atoms with Gasteiger partial charge in [-0.2, -0.15) is 0 Å². The molecule has 1 aromatic heterocycles. The zero-order chi connectivity index (χ0) is 47.9. The maximum atomic E-state index is 6.52. The maximum Gasteiger partial charge on any atom is 0.494 e. The number of nitrogens with zero attached hydrogens (tertiary/aromatic N) is 1. The molecule has 4 aromatic carbocycles. The van der Waals surface area contributed by atoms with E-state index in [1.807, 2.05) is 19.2 Å². The van der Waals surface area contributed by atoms with Crippen LogP contribution in [0.3, 0.4) is 0 Å². The van der Waals surface area contributed by atoms with Gasteiger partial charge < -0.3 is 19.3 Å². The molecule has 66 heavy (non-hydrogen) atoms. The van der Waals surface area contributed by atoms with Gasteiger partial charge in [0.15, 0.2) is 0 Å². The number of benzene rings is 4. The lowest BCUT2D eigenvalue weighted by Crippen LogP contribution is -2.43. The second-order valence-corrected chi connectivity index (χ2v) is 19.9. The van der Waals surface area contributed by atoms with Crippen LogP contribution in [0.15, 0.2) is 164 Å². The van der Waals surface area contributed by atoms with Crippen LogP contribution in [0.25, 0.3) is 39.6 Å². The van der Waals surface area contributed by atoms with E-state index in [0.717, 1.165) is 84.5 Å². The third-order valence-electron chi connectivity index (χ3n) is 13.6. The van der Waals surface area contributed by atoms with Gasteiger partial charge >= 0.3 is 7.12 Å². The van der Waals surface area contributed by atoms with Gasteiger partial charge in [0.2, 0.25) is 0 Å². The molecule has 0 spiro atoms. The first kappa shape index (κ1) is 49.7. The standard InChI is InChI=1S/C59H70B2N2O3/c1-15-24-43(25-23-38-60(13)64-57(7,8)56(4,5)6)30-36-50(45-26-19-17-20-27-45)53-40-48(33-37-54(53)62-14)44(16-2)39-51-42(3)63-55(41-52(51)46-28-21-18-22-29-46)47-31-34-49(35-32-47)61-65-58(9,10)59(11,12)66-61/h15-29,31-37,39-41,62H,1-2,30,38H2,3-14H3/b25-23-,43-24+,44-39+,50-36-. The zero-order valence-electron chi connectivity index (χ0n) is 41.6. The summed E-state index contributed by atoms with van der Waals surface area (Å²) in [6.45, 7) is 32.1. The molecule has 0 atom stereocenters. The molecule has 1 fully saturated rings. The molecule has 0 aliphatic carbocycles. The van der Waals surface area contributed by atoms with Gasteiger partial charge in [-0.1, -0.05) is 168 Å². The average Bonchev–Trinajstić information content (AvgIpc) is 3.51. The SMILES string of the molecule is C=C/C=C(\C=C/CB(C)OC(C)(C)C(C)(C)C)C/C=C(/c1ccccc1)c1cc(/C(C=C)=C/c2c(-c3ccccc3)cc(-c3ccc(B4OC(C)(C)C(C)(C)O4)cc3)nc2C)ccc1NC. The molecule has 340 valence electrons. The highest BCUT2D eigenvalue weighted by Crippen LogP contribution is 2.39. The van der Waals surface area contributed by atoms with E-state index >= 15 is 0 Å². The predicted molar refractivity (Wildman–Crippen MR) is 286 cm³/mol. The minimum absolute atomic E-state index is 0.0303. The Hall–Kier alpha value is -5.72. The zero-order valence-corrected chi connectivity index (χ0v) is 41.6. The summed E-state index contributed by atoms with van der Waals surface area (Å²) in [6.07, 6.45) is 16.4. The molecule has 7 heteroatoms. The highest BCUT2D eigenvalue weighted by atomic mass is 16.7. The van der Waals surface area contributed by atoms with Gasteiger partial charge in [0.25, 0.3) is 6.92 Å². The van der Waals surface area contributed by atoms with E-state index < -0.39 is 18.3 Å². The molecule has 2 heterocycles. The Morgan fingerprint density at radius 2 is 1.45 bits per heavy atom. The van der Waals surface area contributed by atoms with Gasteiger partial charge in [-0.25, -0.2) is 0 Å². The van der Waals surface area contributed by atoms with Crippen molar-refractivity contribution in [1.29, 1.82) is 0 Å². The minimum atomic E-state index is -0.426. The van der Waals surface area contributed by atoms with Gasteiger partial charge in [-0.15, -0.1) is 0 Å². The Labute approximate surface area is 397 Å². The van der Waals surface area contributed by atoms with Crippen LogP contribution in [0.5, 0.6) is 0 Å². The van der Waals surface area contributed by atoms with Crippen LogP contribution in [0.4, 0.5) is 5.69 Å². The lowest BCUT2D eigenvalue weighted by molar-refractivity contribution is -0.00148. The molecule has 6 rings (SSSR count). The summed E-state index contributed by atoms with van der Waals surface area (Å²) in [5, 5.41) is 3.49. The van der Waals surface area contributed by atoms with E-state index in [1.54, 1.807) is 0 Å². The van der Waals surface area contributed by atoms with Crippen molar-refractivity contribution in [1.82, 2.24) is 4.98 Å². The smallest absolute Gasteiger partial charge is 0.431 e. The molecule has 1 saturated heterocycles. The first-order valence-electron chi connectivity index (χ1n) is 23.4. The number of hydrogen-bond donors (Lipinski definition) is 1. The van der Waals surface area contributed by atoms with Crippen LogP contribution in [-0.4, -0.2) is 42.9 Å². The van der Waals surface area contributed by atoms with Crippen molar-refractivity contribution >= 4 is 42.4 Å². The van der Waals surface area contributed by atoms with Crippen LogP contribution < -0.4 is 10.8 Å². The topological polar surface area (TPSA) is 52.6 Å². The molecule has 1 aliphatic rings. The molecule has 1 aliphatic heterocycles. The Balaban J connectivity index is 1.36. The van der Waals surface area contributed by atoms with Crippen molar-refractivity contribution in [3.8, 4) is 22.4 Å². The fourth-order valence-corrected chi connectivity index (χ4v) is 7.94. The van der Waals surface area contributed by atoms with Crippen molar-refractivity contribution < 1.29 is 14.0 Å². The molecule has 0 amide bonds. The summed E-state index contributed by atoms with van der Waals surface area (Å²) >= 11 is 0. The quantitative estimate of drug-likeness (QED) is 0.0745. The number of nitrogens with one attached hydrogen (secondary N) is 1. The van der Waals surface area contributed by atoms with E-state index in [9.17, 15) is 0 Å². The molecule has 0 unspecified atom stereocenters. The molecule has 5 nitrogen and oxygen atoms in total. The van der Waals surface area contributed by atoms with E-state index in [0.29, 0.717) is 6.42 Å². The van der Waals surface area contributed by atoms with Crippen molar-refractivity contribution in [3.05, 3.63) is 192 Å². The lowest BCUT2D eigenvalue weighted by atomic mass is 9.65. The number of anilines is 1. The van der Waals surface area contributed by atoms with Crippen LogP contribution in [0.2, 0.25) is 13.1 Å². The highest BCUT2D eigenvalue weighted by Gasteiger charge is 2.51. The van der Waals surface area contributed by atoms with Gasteiger partial charge in [0.1, 0.15) is 0 Å². The third-order valence-corrected chi connectivity index (χ3v) is 13.6. The molecule has 5 aromatic rings. The van der Waals surface area contributed by atoms with Gasteiger partial charge in [0.05, 0.1) is 22.5 Å². The third kappa shape index (κ3) is 11.6. The van der Waals surface area contributed by atoms with Gasteiger partial charge in [-0.05, 0) is 135 Å². The summed E-state index contributed by atoms with van der Waals surface area (Å²) in [7, 11) is 1.56. The second-order valence-electron chi connectivity index (χ2n) is 19.9. The number of hydrogen-bond acceptors (Lipinski definition) is 5. The van der Waals surface area contributed by atoms with Crippen LogP contribution >= 0.6 is 0 Å². The fourth-order valence-electron chi connectivity index (χ4n) is 7.94.